The average molecular weight is 1200 g/mol. The van der Waals surface area contributed by atoms with E-state index in [0.29, 0.717) is 17.4 Å². The summed E-state index contributed by atoms with van der Waals surface area (Å²) in [6.45, 7) is 4.52. The minimum Gasteiger partial charge on any atom is -0.756 e. The number of rotatable bonds is 63. The summed E-state index contributed by atoms with van der Waals surface area (Å²) in [6.07, 6.45) is 98.6. The second kappa shape index (κ2) is 65.1. The molecule has 0 aromatic carbocycles. The Morgan fingerprint density at radius 2 is 0.729 bits per heavy atom. The highest BCUT2D eigenvalue weighted by molar-refractivity contribution is 7.45. The molecule has 0 heterocycles. The fraction of sp³-hybridized carbons (Fsp3) is 0.697. The van der Waals surface area contributed by atoms with Crippen LogP contribution in [0.5, 0.6) is 0 Å². The molecule has 0 bridgehead atoms. The molecule has 0 rings (SSSR count). The van der Waals surface area contributed by atoms with E-state index in [-0.39, 0.29) is 12.5 Å². The van der Waals surface area contributed by atoms with Crippen molar-refractivity contribution in [2.45, 2.75) is 302 Å². The average Bonchev–Trinajstić information content (AvgIpc) is 3.48. The number of aliphatic hydroxyl groups excluding tert-OH is 1. The van der Waals surface area contributed by atoms with Crippen molar-refractivity contribution in [1.82, 2.24) is 5.32 Å². The first-order valence-corrected chi connectivity index (χ1v) is 36.5. The number of unbranched alkanes of at least 4 members (excludes halogenated alkanes) is 30. The molecule has 0 saturated heterocycles. The zero-order chi connectivity index (χ0) is 61.9. The van der Waals surface area contributed by atoms with Gasteiger partial charge in [-0.15, -0.1) is 0 Å². The lowest BCUT2D eigenvalue weighted by Crippen LogP contribution is -2.45. The lowest BCUT2D eigenvalue weighted by atomic mass is 10.0. The van der Waals surface area contributed by atoms with Crippen LogP contribution in [-0.4, -0.2) is 68.5 Å². The molecule has 85 heavy (non-hydrogen) atoms. The Labute approximate surface area is 526 Å². The molecule has 488 valence electrons. The number of nitrogens with one attached hydrogen (secondary N) is 1. The van der Waals surface area contributed by atoms with Crippen LogP contribution < -0.4 is 10.2 Å². The van der Waals surface area contributed by atoms with Gasteiger partial charge in [-0.25, -0.2) is 0 Å². The number of aliphatic hydroxyl groups is 1. The zero-order valence-corrected chi connectivity index (χ0v) is 56.7. The SMILES string of the molecule is CC/C=C\C/C=C\C/C=C\C/C=C\C/C=C\C/C=C\C/C=C\C/C=C\C/C=C\CCCCCCCCCC(=O)NC(COP(=O)([O-])OCC[N+](C)(C)C)C(O)/C=C/CC/C=C/CCCCCCCCCCCCCCCCCCCCCCCC. The molecule has 0 fully saturated rings. The van der Waals surface area contributed by atoms with Crippen molar-refractivity contribution in [3.05, 3.63) is 134 Å². The Balaban J connectivity index is 4.20. The van der Waals surface area contributed by atoms with Gasteiger partial charge in [0.05, 0.1) is 39.9 Å². The van der Waals surface area contributed by atoms with Crippen molar-refractivity contribution in [2.75, 3.05) is 40.9 Å². The Morgan fingerprint density at radius 1 is 0.424 bits per heavy atom. The maximum absolute atomic E-state index is 13.0. The van der Waals surface area contributed by atoms with E-state index in [4.69, 9.17) is 9.05 Å². The van der Waals surface area contributed by atoms with Crippen molar-refractivity contribution in [1.29, 1.82) is 0 Å². The summed E-state index contributed by atoms with van der Waals surface area (Å²) in [5, 5.41) is 13.9. The molecule has 2 N–H and O–H groups in total. The smallest absolute Gasteiger partial charge is 0.268 e. The second-order valence-corrected chi connectivity index (χ2v) is 25.9. The van der Waals surface area contributed by atoms with Gasteiger partial charge in [-0.2, -0.15) is 0 Å². The summed E-state index contributed by atoms with van der Waals surface area (Å²) < 4.78 is 23.4. The number of quaternary nitrogens is 1. The number of phosphoric ester groups is 1. The third-order valence-corrected chi connectivity index (χ3v) is 16.1. The number of carbonyl (C=O) groups excluding carboxylic acids is 1. The molecule has 0 aromatic heterocycles. The molecule has 9 heteroatoms. The lowest BCUT2D eigenvalue weighted by Gasteiger charge is -2.29. The molecule has 3 unspecified atom stereocenters. The summed E-state index contributed by atoms with van der Waals surface area (Å²) in [4.78, 5) is 25.6. The molecule has 8 nitrogen and oxygen atoms in total. The molecule has 0 saturated carbocycles. The molecule has 3 atom stereocenters. The summed E-state index contributed by atoms with van der Waals surface area (Å²) in [6, 6.07) is -0.921. The van der Waals surface area contributed by atoms with Crippen molar-refractivity contribution in [2.24, 2.45) is 0 Å². The topological polar surface area (TPSA) is 108 Å². The summed E-state index contributed by atoms with van der Waals surface area (Å²) in [5.74, 6) is -0.221. The maximum atomic E-state index is 13.0. The Bertz CT molecular complexity index is 1850. The highest BCUT2D eigenvalue weighted by atomic mass is 31.2. The maximum Gasteiger partial charge on any atom is 0.268 e. The van der Waals surface area contributed by atoms with E-state index in [2.05, 4.69) is 141 Å². The number of nitrogens with zero attached hydrogens (tertiary/aromatic N) is 1. The van der Waals surface area contributed by atoms with Crippen molar-refractivity contribution >= 4 is 13.7 Å². The summed E-state index contributed by atoms with van der Waals surface area (Å²) in [7, 11) is 1.22. The first-order valence-electron chi connectivity index (χ1n) is 35.0. The summed E-state index contributed by atoms with van der Waals surface area (Å²) in [5.41, 5.74) is 0. The van der Waals surface area contributed by atoms with Crippen LogP contribution in [0, 0.1) is 0 Å². The fourth-order valence-electron chi connectivity index (χ4n) is 9.69. The van der Waals surface area contributed by atoms with Gasteiger partial charge in [0.1, 0.15) is 13.2 Å². The summed E-state index contributed by atoms with van der Waals surface area (Å²) >= 11 is 0. The van der Waals surface area contributed by atoms with Gasteiger partial charge in [-0.05, 0) is 103 Å². The van der Waals surface area contributed by atoms with Crippen LogP contribution in [0.1, 0.15) is 290 Å². The van der Waals surface area contributed by atoms with Crippen LogP contribution in [0.2, 0.25) is 0 Å². The van der Waals surface area contributed by atoms with E-state index >= 15 is 0 Å². The first kappa shape index (κ1) is 81.6. The number of likely N-dealkylation sites (N-methyl/N-ethyl adjacent to an activating group) is 1. The molecular formula is C76H133N2O6P. The monoisotopic (exact) mass is 1200 g/mol. The quantitative estimate of drug-likeness (QED) is 0.0272. The van der Waals surface area contributed by atoms with Crippen molar-refractivity contribution in [3.63, 3.8) is 0 Å². The highest BCUT2D eigenvalue weighted by Crippen LogP contribution is 2.38. The number of phosphoric acid groups is 1. The number of hydrogen-bond acceptors (Lipinski definition) is 6. The largest absolute Gasteiger partial charge is 0.756 e. The van der Waals surface area contributed by atoms with Gasteiger partial charge in [-0.3, -0.25) is 9.36 Å². The zero-order valence-electron chi connectivity index (χ0n) is 55.8. The van der Waals surface area contributed by atoms with E-state index in [1.54, 1.807) is 6.08 Å². The van der Waals surface area contributed by atoms with Gasteiger partial charge in [0.15, 0.2) is 0 Å². The second-order valence-electron chi connectivity index (χ2n) is 24.5. The molecule has 0 aliphatic heterocycles. The molecule has 0 radical (unpaired) electrons. The predicted octanol–water partition coefficient (Wildman–Crippen LogP) is 22.0. The van der Waals surface area contributed by atoms with Crippen LogP contribution in [-0.2, 0) is 18.4 Å². The van der Waals surface area contributed by atoms with E-state index < -0.39 is 26.6 Å². The van der Waals surface area contributed by atoms with Crippen LogP contribution in [0.25, 0.3) is 0 Å². The normalized spacial score (nSPS) is 14.5. The minimum atomic E-state index is -4.63. The highest BCUT2D eigenvalue weighted by Gasteiger charge is 2.23. The van der Waals surface area contributed by atoms with Gasteiger partial charge >= 0.3 is 0 Å². The Morgan fingerprint density at radius 3 is 1.09 bits per heavy atom. The molecular weight excluding hydrogens is 1070 g/mol. The lowest BCUT2D eigenvalue weighted by molar-refractivity contribution is -0.870. The van der Waals surface area contributed by atoms with Crippen LogP contribution in [0.15, 0.2) is 134 Å². The van der Waals surface area contributed by atoms with E-state index in [9.17, 15) is 19.4 Å². The number of hydrogen-bond donors (Lipinski definition) is 2. The third kappa shape index (κ3) is 68.0. The van der Waals surface area contributed by atoms with Crippen molar-refractivity contribution < 1.29 is 32.9 Å². The Hall–Kier alpha value is -3.36. The van der Waals surface area contributed by atoms with E-state index in [1.165, 1.54) is 161 Å². The van der Waals surface area contributed by atoms with Crippen molar-refractivity contribution in [3.8, 4) is 0 Å². The molecule has 0 aliphatic rings. The minimum absolute atomic E-state index is 0.0153. The third-order valence-electron chi connectivity index (χ3n) is 15.1. The van der Waals surface area contributed by atoms with Gasteiger partial charge in [0, 0.05) is 6.42 Å². The first-order chi connectivity index (χ1) is 41.5. The Kier molecular flexibility index (Phi) is 62.5. The molecule has 0 aromatic rings. The number of carbonyl (C=O) groups is 1. The van der Waals surface area contributed by atoms with Gasteiger partial charge < -0.3 is 28.8 Å². The predicted molar refractivity (Wildman–Crippen MR) is 371 cm³/mol. The van der Waals surface area contributed by atoms with E-state index in [1.807, 2.05) is 27.2 Å². The molecule has 0 aliphatic carbocycles. The van der Waals surface area contributed by atoms with Gasteiger partial charge in [0.25, 0.3) is 7.82 Å². The molecule has 1 amide bonds. The molecule has 0 spiro atoms. The standard InChI is InChI=1S/C76H133N2O6P/c1-6-8-10-12-14-16-18-20-22-24-26-28-30-32-34-36-37-38-39-40-41-42-44-46-48-50-52-54-56-58-60-62-64-66-68-70-76(80)77-74(73-84-85(81,82)83-72-71-78(3,4)5)75(79)69-67-65-63-61-59-57-55-53-51-49-47-45-43-35-33-31-29-27-25-23-21-19-17-15-13-11-9-7-2/h8,10,14,16,20,22,26,28,32,34,37-38,40-41,44,46,50,52,59,61,67,69,74-75,79H,6-7,9,11-13,15,17-19,21,23-25,27,29-31,33,35-36,39,42-43,45,47-49,51,53-58,60,62-66,68,70-73H2,1-5H3,(H-,77,80,81,82)/b10-8-,16-14-,22-20-,28-26-,34-32-,38-37-,41-40-,46-44-,52-50-,61-59+,69-67+. The van der Waals surface area contributed by atoms with Crippen LogP contribution >= 0.6 is 7.82 Å². The van der Waals surface area contributed by atoms with Gasteiger partial charge in [-0.1, -0.05) is 314 Å². The number of allylic oxidation sites excluding steroid dienone is 21. The fourth-order valence-corrected chi connectivity index (χ4v) is 10.4. The van der Waals surface area contributed by atoms with E-state index in [0.717, 1.165) is 109 Å². The number of amides is 1. The van der Waals surface area contributed by atoms with Crippen LogP contribution in [0.4, 0.5) is 0 Å². The van der Waals surface area contributed by atoms with Crippen LogP contribution in [0.3, 0.4) is 0 Å². The van der Waals surface area contributed by atoms with Gasteiger partial charge in [0.2, 0.25) is 5.91 Å².